The number of ether oxygens (including phenoxy) is 2. The van der Waals surface area contributed by atoms with Gasteiger partial charge < -0.3 is 20.1 Å². The summed E-state index contributed by atoms with van der Waals surface area (Å²) in [5.41, 5.74) is 0.858. The lowest BCUT2D eigenvalue weighted by Crippen LogP contribution is -2.33. The Balaban J connectivity index is 1.62. The van der Waals surface area contributed by atoms with Gasteiger partial charge in [-0.25, -0.2) is 0 Å². The fourth-order valence-corrected chi connectivity index (χ4v) is 2.55. The first-order chi connectivity index (χ1) is 12.8. The van der Waals surface area contributed by atoms with E-state index in [1.807, 2.05) is 0 Å². The van der Waals surface area contributed by atoms with Crippen LogP contribution in [0.3, 0.4) is 0 Å². The van der Waals surface area contributed by atoms with Crippen LogP contribution >= 0.6 is 11.6 Å². The highest BCUT2D eigenvalue weighted by molar-refractivity contribution is 6.35. The number of aromatic nitrogens is 3. The van der Waals surface area contributed by atoms with Crippen LogP contribution in [0.15, 0.2) is 18.3 Å². The summed E-state index contributed by atoms with van der Waals surface area (Å²) in [5.74, 6) is -1.20. The smallest absolute Gasteiger partial charge is 0.422 e. The Kier molecular flexibility index (Phi) is 5.82. The summed E-state index contributed by atoms with van der Waals surface area (Å²) >= 11 is 5.86. The number of carbonyl (C=O) groups excluding carboxylic acids is 1. The quantitative estimate of drug-likeness (QED) is 0.705. The Labute approximate surface area is 156 Å². The molecule has 8 nitrogen and oxygen atoms in total. The third-order valence-corrected chi connectivity index (χ3v) is 3.93. The SMILES string of the molecule is O=C(Nc1ccc([C@@H]2CNCCO2)nc1)c1[nH]nc(OCC(F)(F)F)c1Cl. The summed E-state index contributed by atoms with van der Waals surface area (Å²) < 4.78 is 46.6. The number of carbonyl (C=O) groups is 1. The molecule has 1 aliphatic rings. The van der Waals surface area contributed by atoms with E-state index in [4.69, 9.17) is 16.3 Å². The summed E-state index contributed by atoms with van der Waals surface area (Å²) in [7, 11) is 0. The minimum absolute atomic E-state index is 0.168. The molecule has 2 aromatic heterocycles. The number of nitrogens with one attached hydrogen (secondary N) is 3. The van der Waals surface area contributed by atoms with E-state index in [9.17, 15) is 18.0 Å². The van der Waals surface area contributed by atoms with Gasteiger partial charge in [0.2, 0.25) is 0 Å². The molecule has 3 rings (SSSR count). The Morgan fingerprint density at radius 2 is 2.26 bits per heavy atom. The number of morpholine rings is 1. The minimum atomic E-state index is -4.55. The molecular formula is C15H15ClF3N5O3. The number of hydrogen-bond donors (Lipinski definition) is 3. The summed E-state index contributed by atoms with van der Waals surface area (Å²) in [6, 6.07) is 3.34. The molecule has 0 bridgehead atoms. The lowest BCUT2D eigenvalue weighted by Gasteiger charge is -2.23. The van der Waals surface area contributed by atoms with Crippen molar-refractivity contribution in [3.05, 3.63) is 34.7 Å². The second-order valence-electron chi connectivity index (χ2n) is 5.61. The summed E-state index contributed by atoms with van der Waals surface area (Å²) in [6.07, 6.45) is -3.27. The van der Waals surface area contributed by atoms with Crippen molar-refractivity contribution in [2.45, 2.75) is 12.3 Å². The maximum absolute atomic E-state index is 12.2. The Morgan fingerprint density at radius 3 is 2.89 bits per heavy atom. The zero-order chi connectivity index (χ0) is 19.4. The van der Waals surface area contributed by atoms with Crippen LogP contribution < -0.4 is 15.4 Å². The molecule has 12 heteroatoms. The number of rotatable bonds is 5. The van der Waals surface area contributed by atoms with Gasteiger partial charge in [0, 0.05) is 13.1 Å². The predicted octanol–water partition coefficient (Wildman–Crippen LogP) is 2.31. The summed E-state index contributed by atoms with van der Waals surface area (Å²) in [5, 5.41) is 11.1. The van der Waals surface area contributed by atoms with Crippen molar-refractivity contribution in [2.24, 2.45) is 0 Å². The zero-order valence-electron chi connectivity index (χ0n) is 13.8. The van der Waals surface area contributed by atoms with Gasteiger partial charge in [-0.3, -0.25) is 14.9 Å². The highest BCUT2D eigenvalue weighted by atomic mass is 35.5. The molecular weight excluding hydrogens is 391 g/mol. The number of halogens is 4. The van der Waals surface area contributed by atoms with Crippen molar-refractivity contribution < 1.29 is 27.4 Å². The van der Waals surface area contributed by atoms with Gasteiger partial charge in [0.25, 0.3) is 11.8 Å². The van der Waals surface area contributed by atoms with E-state index in [0.29, 0.717) is 24.5 Å². The van der Waals surface area contributed by atoms with Gasteiger partial charge >= 0.3 is 6.18 Å². The summed E-state index contributed by atoms with van der Waals surface area (Å²) in [4.78, 5) is 16.5. The molecule has 1 aliphatic heterocycles. The molecule has 3 N–H and O–H groups in total. The third-order valence-electron chi connectivity index (χ3n) is 3.58. The molecule has 0 radical (unpaired) electrons. The standard InChI is InChI=1S/C15H15ClF3N5O3/c16-11-12(23-24-14(11)27-7-15(17,18)19)13(25)22-8-1-2-9(21-5-8)10-6-20-3-4-26-10/h1-2,5,10,20H,3-4,6-7H2,(H,22,25)(H,23,24)/t10-/m0/s1. The van der Waals surface area contributed by atoms with Gasteiger partial charge in [0.1, 0.15) is 16.8 Å². The monoisotopic (exact) mass is 405 g/mol. The van der Waals surface area contributed by atoms with Crippen molar-refractivity contribution >= 4 is 23.2 Å². The lowest BCUT2D eigenvalue weighted by atomic mass is 10.2. The van der Waals surface area contributed by atoms with Gasteiger partial charge in [-0.1, -0.05) is 11.6 Å². The fraction of sp³-hybridized carbons (Fsp3) is 0.400. The summed E-state index contributed by atoms with van der Waals surface area (Å²) in [6.45, 7) is 0.442. The topological polar surface area (TPSA) is 101 Å². The Hall–Kier alpha value is -2.37. The second-order valence-corrected chi connectivity index (χ2v) is 5.99. The van der Waals surface area contributed by atoms with Crippen LogP contribution in [0.25, 0.3) is 0 Å². The van der Waals surface area contributed by atoms with Crippen molar-refractivity contribution in [3.8, 4) is 5.88 Å². The van der Waals surface area contributed by atoms with Crippen molar-refractivity contribution in [3.63, 3.8) is 0 Å². The number of hydrogen-bond acceptors (Lipinski definition) is 6. The highest BCUT2D eigenvalue weighted by Gasteiger charge is 2.30. The number of nitrogens with zero attached hydrogens (tertiary/aromatic N) is 2. The third kappa shape index (κ3) is 5.08. The molecule has 0 spiro atoms. The predicted molar refractivity (Wildman–Crippen MR) is 88.9 cm³/mol. The van der Waals surface area contributed by atoms with Gasteiger partial charge in [-0.2, -0.15) is 13.2 Å². The molecule has 1 amide bonds. The van der Waals surface area contributed by atoms with E-state index in [2.05, 4.69) is 30.6 Å². The number of aromatic amines is 1. The van der Waals surface area contributed by atoms with E-state index >= 15 is 0 Å². The number of amides is 1. The maximum Gasteiger partial charge on any atom is 0.422 e. The van der Waals surface area contributed by atoms with E-state index in [1.165, 1.54) is 6.20 Å². The van der Waals surface area contributed by atoms with Crippen LogP contribution in [-0.4, -0.2) is 53.6 Å². The van der Waals surface area contributed by atoms with Crippen molar-refractivity contribution in [1.82, 2.24) is 20.5 Å². The number of H-pyrrole nitrogens is 1. The molecule has 0 unspecified atom stereocenters. The Morgan fingerprint density at radius 1 is 1.44 bits per heavy atom. The molecule has 1 atom stereocenters. The van der Waals surface area contributed by atoms with E-state index in [0.717, 1.165) is 6.54 Å². The van der Waals surface area contributed by atoms with Crippen LogP contribution in [0.4, 0.5) is 18.9 Å². The molecule has 1 fully saturated rings. The Bertz CT molecular complexity index is 791. The molecule has 2 aromatic rings. The van der Waals surface area contributed by atoms with Crippen LogP contribution in [-0.2, 0) is 4.74 Å². The largest absolute Gasteiger partial charge is 0.466 e. The van der Waals surface area contributed by atoms with E-state index in [1.54, 1.807) is 12.1 Å². The highest BCUT2D eigenvalue weighted by Crippen LogP contribution is 2.28. The van der Waals surface area contributed by atoms with Gasteiger partial charge in [-0.05, 0) is 12.1 Å². The number of anilines is 1. The molecule has 27 heavy (non-hydrogen) atoms. The first-order valence-corrected chi connectivity index (χ1v) is 8.24. The van der Waals surface area contributed by atoms with Gasteiger partial charge in [0.05, 0.1) is 24.2 Å². The molecule has 0 aliphatic carbocycles. The first-order valence-electron chi connectivity index (χ1n) is 7.86. The zero-order valence-corrected chi connectivity index (χ0v) is 14.5. The maximum atomic E-state index is 12.2. The van der Waals surface area contributed by atoms with Crippen LogP contribution in [0.5, 0.6) is 5.88 Å². The van der Waals surface area contributed by atoms with Crippen LogP contribution in [0.2, 0.25) is 5.02 Å². The molecule has 0 aromatic carbocycles. The fourth-order valence-electron chi connectivity index (χ4n) is 2.33. The van der Waals surface area contributed by atoms with Gasteiger partial charge in [0.15, 0.2) is 6.61 Å². The number of pyridine rings is 1. The number of alkyl halides is 3. The molecule has 3 heterocycles. The minimum Gasteiger partial charge on any atom is -0.466 e. The van der Waals surface area contributed by atoms with Gasteiger partial charge in [-0.15, -0.1) is 5.10 Å². The molecule has 146 valence electrons. The molecule has 1 saturated heterocycles. The first kappa shape index (κ1) is 19.4. The van der Waals surface area contributed by atoms with E-state index in [-0.39, 0.29) is 16.8 Å². The average molecular weight is 406 g/mol. The van der Waals surface area contributed by atoms with Crippen LogP contribution in [0, 0.1) is 0 Å². The van der Waals surface area contributed by atoms with E-state index < -0.39 is 24.6 Å². The van der Waals surface area contributed by atoms with Crippen LogP contribution in [0.1, 0.15) is 22.3 Å². The van der Waals surface area contributed by atoms with Crippen molar-refractivity contribution in [1.29, 1.82) is 0 Å². The lowest BCUT2D eigenvalue weighted by molar-refractivity contribution is -0.154. The second kappa shape index (κ2) is 8.11. The average Bonchev–Trinajstić information content (AvgIpc) is 3.01. The molecule has 0 saturated carbocycles. The normalized spacial score (nSPS) is 17.6. The van der Waals surface area contributed by atoms with Crippen molar-refractivity contribution in [2.75, 3.05) is 31.6 Å².